The Bertz CT molecular complexity index is 879. The van der Waals surface area contributed by atoms with Gasteiger partial charge in [-0.1, -0.05) is 18.2 Å². The molecule has 0 atom stereocenters. The number of amides is 1. The summed E-state index contributed by atoms with van der Waals surface area (Å²) >= 11 is 5.90. The SMILES string of the molecule is C=C(O/C(=C\C)C(=O)Nc1cc(OC)cc(OCCNC)c1)c1ccc(Cl)cc1. The van der Waals surface area contributed by atoms with Gasteiger partial charge in [-0.05, 0) is 44.3 Å². The van der Waals surface area contributed by atoms with Crippen LogP contribution in [0.1, 0.15) is 12.5 Å². The molecule has 2 N–H and O–H groups in total. The fourth-order valence-electron chi connectivity index (χ4n) is 2.37. The Balaban J connectivity index is 2.09. The molecule has 0 aromatic heterocycles. The van der Waals surface area contributed by atoms with Crippen LogP contribution in [0.2, 0.25) is 5.02 Å². The third kappa shape index (κ3) is 6.85. The number of carbonyl (C=O) groups excluding carboxylic acids is 1. The van der Waals surface area contributed by atoms with Crippen molar-refractivity contribution >= 4 is 29.0 Å². The van der Waals surface area contributed by atoms with Gasteiger partial charge in [0.15, 0.2) is 5.76 Å². The molecule has 0 aliphatic heterocycles. The minimum absolute atomic E-state index is 0.116. The summed E-state index contributed by atoms with van der Waals surface area (Å²) in [5.74, 6) is 1.19. The minimum Gasteiger partial charge on any atom is -0.497 e. The maximum Gasteiger partial charge on any atom is 0.291 e. The van der Waals surface area contributed by atoms with Crippen molar-refractivity contribution in [1.29, 1.82) is 0 Å². The number of halogens is 1. The highest BCUT2D eigenvalue weighted by Gasteiger charge is 2.14. The van der Waals surface area contributed by atoms with Gasteiger partial charge in [0.05, 0.1) is 7.11 Å². The fraction of sp³-hybridized carbons (Fsp3) is 0.227. The first kappa shape index (κ1) is 22.3. The van der Waals surface area contributed by atoms with Crippen molar-refractivity contribution in [3.05, 3.63) is 71.5 Å². The van der Waals surface area contributed by atoms with Gasteiger partial charge in [0.2, 0.25) is 0 Å². The van der Waals surface area contributed by atoms with Gasteiger partial charge in [-0.2, -0.15) is 0 Å². The molecule has 7 heteroatoms. The smallest absolute Gasteiger partial charge is 0.291 e. The van der Waals surface area contributed by atoms with E-state index in [1.165, 1.54) is 0 Å². The van der Waals surface area contributed by atoms with Crippen molar-refractivity contribution < 1.29 is 19.0 Å². The Hall–Kier alpha value is -2.96. The minimum atomic E-state index is -0.419. The van der Waals surface area contributed by atoms with E-state index in [4.69, 9.17) is 25.8 Å². The largest absolute Gasteiger partial charge is 0.497 e. The number of ether oxygens (including phenoxy) is 3. The first-order valence-electron chi connectivity index (χ1n) is 9.03. The summed E-state index contributed by atoms with van der Waals surface area (Å²) in [5, 5.41) is 6.41. The van der Waals surface area contributed by atoms with Gasteiger partial charge in [0.1, 0.15) is 23.9 Å². The quantitative estimate of drug-likeness (QED) is 0.339. The molecule has 29 heavy (non-hydrogen) atoms. The molecule has 154 valence electrons. The lowest BCUT2D eigenvalue weighted by atomic mass is 10.2. The average molecular weight is 417 g/mol. The summed E-state index contributed by atoms with van der Waals surface area (Å²) in [4.78, 5) is 12.7. The summed E-state index contributed by atoms with van der Waals surface area (Å²) in [7, 11) is 3.39. The molecule has 0 heterocycles. The maximum absolute atomic E-state index is 12.7. The predicted molar refractivity (Wildman–Crippen MR) is 116 cm³/mol. The fourth-order valence-corrected chi connectivity index (χ4v) is 2.50. The van der Waals surface area contributed by atoms with Gasteiger partial charge in [-0.25, -0.2) is 0 Å². The number of rotatable bonds is 10. The summed E-state index contributed by atoms with van der Waals surface area (Å²) in [6.45, 7) is 6.78. The number of methoxy groups -OCH3 is 1. The van der Waals surface area contributed by atoms with Crippen molar-refractivity contribution in [2.75, 3.05) is 32.6 Å². The summed E-state index contributed by atoms with van der Waals surface area (Å²) in [6.07, 6.45) is 1.57. The van der Waals surface area contributed by atoms with Crippen molar-refractivity contribution in [2.45, 2.75) is 6.92 Å². The number of benzene rings is 2. The first-order valence-corrected chi connectivity index (χ1v) is 9.41. The van der Waals surface area contributed by atoms with Crippen LogP contribution in [0, 0.1) is 0 Å². The highest BCUT2D eigenvalue weighted by molar-refractivity contribution is 6.30. The standard InChI is InChI=1S/C22H25ClN2O4/c1-5-21(29-15(2)16-6-8-17(23)9-7-16)22(26)25-18-12-19(27-4)14-20(13-18)28-11-10-24-3/h5-9,12-14,24H,2,10-11H2,1,3-4H3,(H,25,26)/b21-5-. The Kier molecular flexibility index (Phi) is 8.58. The molecule has 0 saturated carbocycles. The molecule has 0 bridgehead atoms. The van der Waals surface area contributed by atoms with Gasteiger partial charge < -0.3 is 24.8 Å². The molecular formula is C22H25ClN2O4. The predicted octanol–water partition coefficient (Wildman–Crippen LogP) is 4.48. The lowest BCUT2D eigenvalue weighted by Gasteiger charge is -2.14. The molecule has 2 aromatic carbocycles. The van der Waals surface area contributed by atoms with Crippen LogP contribution in [0.5, 0.6) is 11.5 Å². The molecule has 0 aliphatic rings. The summed E-state index contributed by atoms with van der Waals surface area (Å²) in [5.41, 5.74) is 1.25. The molecule has 0 fully saturated rings. The van der Waals surface area contributed by atoms with Crippen LogP contribution in [-0.4, -0.2) is 33.2 Å². The number of carbonyl (C=O) groups is 1. The van der Waals surface area contributed by atoms with E-state index in [-0.39, 0.29) is 5.76 Å². The van der Waals surface area contributed by atoms with Gasteiger partial charge in [0.25, 0.3) is 5.91 Å². The first-order chi connectivity index (χ1) is 14.0. The third-order valence-electron chi connectivity index (χ3n) is 3.88. The van der Waals surface area contributed by atoms with Gasteiger partial charge in [-0.3, -0.25) is 4.79 Å². The Morgan fingerprint density at radius 1 is 1.17 bits per heavy atom. The van der Waals surface area contributed by atoms with Crippen molar-refractivity contribution in [1.82, 2.24) is 5.32 Å². The van der Waals surface area contributed by atoms with Crippen LogP contribution >= 0.6 is 11.6 Å². The van der Waals surface area contributed by atoms with Crippen molar-refractivity contribution in [2.24, 2.45) is 0 Å². The second-order valence-corrected chi connectivity index (χ2v) is 6.42. The number of hydrogen-bond donors (Lipinski definition) is 2. The Morgan fingerprint density at radius 2 is 1.86 bits per heavy atom. The van der Waals surface area contributed by atoms with Crippen LogP contribution in [0.3, 0.4) is 0 Å². The Labute approximate surface area is 176 Å². The summed E-state index contributed by atoms with van der Waals surface area (Å²) < 4.78 is 16.6. The second-order valence-electron chi connectivity index (χ2n) is 5.99. The lowest BCUT2D eigenvalue weighted by molar-refractivity contribution is -0.115. The van der Waals surface area contributed by atoms with Crippen LogP contribution in [0.4, 0.5) is 5.69 Å². The molecule has 0 aliphatic carbocycles. The number of anilines is 1. The van der Waals surface area contributed by atoms with Gasteiger partial charge >= 0.3 is 0 Å². The number of nitrogens with one attached hydrogen (secondary N) is 2. The number of likely N-dealkylation sites (N-methyl/N-ethyl adjacent to an activating group) is 1. The Morgan fingerprint density at radius 3 is 2.48 bits per heavy atom. The molecule has 0 unspecified atom stereocenters. The average Bonchev–Trinajstić information content (AvgIpc) is 2.72. The number of hydrogen-bond acceptors (Lipinski definition) is 5. The van der Waals surface area contributed by atoms with Crippen LogP contribution < -0.4 is 20.1 Å². The molecule has 6 nitrogen and oxygen atoms in total. The van der Waals surface area contributed by atoms with E-state index in [2.05, 4.69) is 17.2 Å². The van der Waals surface area contributed by atoms with E-state index in [0.717, 1.165) is 5.56 Å². The van der Waals surface area contributed by atoms with E-state index >= 15 is 0 Å². The zero-order valence-corrected chi connectivity index (χ0v) is 17.5. The van der Waals surface area contributed by atoms with E-state index in [0.29, 0.717) is 41.1 Å². The molecule has 0 spiro atoms. The lowest BCUT2D eigenvalue weighted by Crippen LogP contribution is -2.17. The molecule has 0 saturated heterocycles. The molecule has 1 amide bonds. The van der Waals surface area contributed by atoms with E-state index < -0.39 is 5.91 Å². The topological polar surface area (TPSA) is 68.8 Å². The number of allylic oxidation sites excluding steroid dienone is 1. The molecule has 2 aromatic rings. The van der Waals surface area contributed by atoms with E-state index in [9.17, 15) is 4.79 Å². The third-order valence-corrected chi connectivity index (χ3v) is 4.13. The zero-order valence-electron chi connectivity index (χ0n) is 16.8. The van der Waals surface area contributed by atoms with E-state index in [1.807, 2.05) is 7.05 Å². The van der Waals surface area contributed by atoms with Crippen molar-refractivity contribution in [3.63, 3.8) is 0 Å². The molecular weight excluding hydrogens is 392 g/mol. The van der Waals surface area contributed by atoms with Crippen LogP contribution in [-0.2, 0) is 9.53 Å². The second kappa shape index (κ2) is 11.1. The molecule has 2 rings (SSSR count). The molecule has 0 radical (unpaired) electrons. The van der Waals surface area contributed by atoms with E-state index in [1.54, 1.807) is 62.6 Å². The van der Waals surface area contributed by atoms with Gasteiger partial charge in [-0.15, -0.1) is 0 Å². The summed E-state index contributed by atoms with van der Waals surface area (Å²) in [6, 6.07) is 12.2. The van der Waals surface area contributed by atoms with Crippen LogP contribution in [0.25, 0.3) is 5.76 Å². The van der Waals surface area contributed by atoms with Crippen LogP contribution in [0.15, 0.2) is 60.9 Å². The highest BCUT2D eigenvalue weighted by Crippen LogP contribution is 2.27. The normalized spacial score (nSPS) is 11.0. The maximum atomic E-state index is 12.7. The van der Waals surface area contributed by atoms with Crippen molar-refractivity contribution in [3.8, 4) is 11.5 Å². The van der Waals surface area contributed by atoms with Gasteiger partial charge in [0, 0.05) is 41.0 Å². The monoisotopic (exact) mass is 416 g/mol. The zero-order chi connectivity index (χ0) is 21.2. The highest BCUT2D eigenvalue weighted by atomic mass is 35.5.